The van der Waals surface area contributed by atoms with Crippen LogP contribution in [-0.4, -0.2) is 10.8 Å². The van der Waals surface area contributed by atoms with Gasteiger partial charge in [-0.05, 0) is 48.4 Å². The minimum Gasteiger partial charge on any atom is -0.284 e. The molecule has 0 bridgehead atoms. The van der Waals surface area contributed by atoms with E-state index in [-0.39, 0.29) is 0 Å². The van der Waals surface area contributed by atoms with Crippen molar-refractivity contribution in [3.63, 3.8) is 0 Å². The van der Waals surface area contributed by atoms with E-state index in [0.717, 1.165) is 30.7 Å². The fourth-order valence-electron chi connectivity index (χ4n) is 2.39. The first kappa shape index (κ1) is 19.2. The molecule has 1 atom stereocenters. The molecule has 6 heteroatoms. The smallest absolute Gasteiger partial charge is 0.284 e. The Kier molecular flexibility index (Phi) is 6.42. The lowest BCUT2D eigenvalue weighted by molar-refractivity contribution is -0.137. The third-order valence-electron chi connectivity index (χ3n) is 3.64. The van der Waals surface area contributed by atoms with Crippen molar-refractivity contribution in [3.8, 4) is 0 Å². The molecule has 0 aromatic heterocycles. The van der Waals surface area contributed by atoms with Crippen molar-refractivity contribution in [1.82, 2.24) is 0 Å². The molecule has 0 amide bonds. The Morgan fingerprint density at radius 3 is 2.16 bits per heavy atom. The van der Waals surface area contributed by atoms with Gasteiger partial charge >= 0.3 is 6.18 Å². The van der Waals surface area contributed by atoms with E-state index in [2.05, 4.69) is 13.5 Å². The van der Waals surface area contributed by atoms with Gasteiger partial charge in [-0.3, -0.25) is 4.31 Å². The van der Waals surface area contributed by atoms with Crippen molar-refractivity contribution in [1.29, 1.82) is 0 Å². The van der Waals surface area contributed by atoms with Gasteiger partial charge in [0.15, 0.2) is 11.0 Å². The number of halogens is 3. The molecule has 0 saturated heterocycles. The maximum Gasteiger partial charge on any atom is 0.416 e. The molecule has 0 N–H and O–H groups in total. The highest BCUT2D eigenvalue weighted by molar-refractivity contribution is 7.86. The summed E-state index contributed by atoms with van der Waals surface area (Å²) in [5.74, 6) is 0. The lowest BCUT2D eigenvalue weighted by Crippen LogP contribution is -2.26. The Balaban J connectivity index is 2.26. The second kappa shape index (κ2) is 8.34. The summed E-state index contributed by atoms with van der Waals surface area (Å²) in [6.45, 7) is 6.09. The van der Waals surface area contributed by atoms with Gasteiger partial charge in [0.25, 0.3) is 0 Å². The molecule has 2 nitrogen and oxygen atoms in total. The van der Waals surface area contributed by atoms with Crippen molar-refractivity contribution < 1.29 is 17.4 Å². The highest BCUT2D eigenvalue weighted by atomic mass is 32.2. The second-order valence-electron chi connectivity index (χ2n) is 5.54. The Hall–Kier alpha value is -2.08. The number of rotatable bonds is 7. The molecule has 0 fully saturated rings. The molecule has 0 aliphatic heterocycles. The van der Waals surface area contributed by atoms with E-state index in [1.165, 1.54) is 17.7 Å². The molecule has 0 heterocycles. The predicted molar refractivity (Wildman–Crippen MR) is 95.8 cm³/mol. The van der Waals surface area contributed by atoms with Gasteiger partial charge in [0.1, 0.15) is 0 Å². The molecule has 0 aliphatic rings. The lowest BCUT2D eigenvalue weighted by atomic mass is 10.1. The van der Waals surface area contributed by atoms with Crippen LogP contribution in [0, 0.1) is 0 Å². The predicted octanol–water partition coefficient (Wildman–Crippen LogP) is 5.37. The molecular formula is C19H20F3NOS. The van der Waals surface area contributed by atoms with Crippen LogP contribution in [0.15, 0.2) is 66.1 Å². The zero-order valence-corrected chi connectivity index (χ0v) is 14.7. The summed E-state index contributed by atoms with van der Waals surface area (Å²) in [5, 5.41) is 0. The summed E-state index contributed by atoms with van der Waals surface area (Å²) in [7, 11) is -1.62. The summed E-state index contributed by atoms with van der Waals surface area (Å²) in [6.07, 6.45) is -0.797. The Morgan fingerprint density at radius 2 is 1.68 bits per heavy atom. The third-order valence-corrected chi connectivity index (χ3v) is 5.08. The molecule has 2 aromatic rings. The van der Waals surface area contributed by atoms with Gasteiger partial charge in [0.05, 0.1) is 10.5 Å². The van der Waals surface area contributed by atoms with Crippen LogP contribution in [0.25, 0.3) is 0 Å². The molecule has 2 aromatic carbocycles. The second-order valence-corrected chi connectivity index (χ2v) is 6.95. The van der Waals surface area contributed by atoms with Crippen LogP contribution in [0.2, 0.25) is 0 Å². The first-order chi connectivity index (χ1) is 11.9. The van der Waals surface area contributed by atoms with Gasteiger partial charge in [-0.25, -0.2) is 4.21 Å². The van der Waals surface area contributed by atoms with Crippen LogP contribution >= 0.6 is 0 Å². The van der Waals surface area contributed by atoms with E-state index in [1.54, 1.807) is 10.4 Å². The van der Waals surface area contributed by atoms with E-state index in [9.17, 15) is 17.4 Å². The van der Waals surface area contributed by atoms with E-state index >= 15 is 0 Å². The molecule has 134 valence electrons. The number of benzene rings is 2. The van der Waals surface area contributed by atoms with Crippen molar-refractivity contribution >= 4 is 16.7 Å². The molecule has 0 aliphatic carbocycles. The van der Waals surface area contributed by atoms with Crippen LogP contribution in [0.4, 0.5) is 18.9 Å². The monoisotopic (exact) mass is 367 g/mol. The summed E-state index contributed by atoms with van der Waals surface area (Å²) in [5.41, 5.74) is 1.16. The first-order valence-electron chi connectivity index (χ1n) is 7.93. The van der Waals surface area contributed by atoms with Crippen LogP contribution in [0.1, 0.15) is 24.5 Å². The summed E-state index contributed by atoms with van der Waals surface area (Å²) >= 11 is 0. The number of anilines is 1. The SMILES string of the molecule is C=CCN(c1ccc(CCC)cc1)S(=O)c1ccc(C(F)(F)F)cc1. The molecule has 0 spiro atoms. The van der Waals surface area contributed by atoms with Crippen molar-refractivity contribution in [2.45, 2.75) is 30.8 Å². The Morgan fingerprint density at radius 1 is 1.08 bits per heavy atom. The van der Waals surface area contributed by atoms with E-state index in [4.69, 9.17) is 0 Å². The lowest BCUT2D eigenvalue weighted by Gasteiger charge is -2.22. The topological polar surface area (TPSA) is 20.3 Å². The Bertz CT molecular complexity index is 724. The minimum absolute atomic E-state index is 0.312. The highest BCUT2D eigenvalue weighted by Crippen LogP contribution is 2.30. The Labute approximate surface area is 148 Å². The highest BCUT2D eigenvalue weighted by Gasteiger charge is 2.30. The molecule has 1 unspecified atom stereocenters. The van der Waals surface area contributed by atoms with Gasteiger partial charge in [-0.1, -0.05) is 31.6 Å². The van der Waals surface area contributed by atoms with Crippen LogP contribution in [-0.2, 0) is 23.6 Å². The standard InChI is InChI=1S/C19H20F3NOS/c1-3-5-15-6-10-17(11-7-15)23(14-4-2)25(24)18-12-8-16(9-13-18)19(20,21)22/h4,6-13H,2-3,5,14H2,1H3. The average Bonchev–Trinajstić information content (AvgIpc) is 2.60. The molecule has 0 radical (unpaired) electrons. The van der Waals surface area contributed by atoms with Crippen LogP contribution < -0.4 is 4.31 Å². The van der Waals surface area contributed by atoms with Gasteiger partial charge in [-0.15, -0.1) is 6.58 Å². The maximum absolute atomic E-state index is 12.8. The van der Waals surface area contributed by atoms with Crippen molar-refractivity contribution in [2.24, 2.45) is 0 Å². The normalized spacial score (nSPS) is 12.6. The molecule has 2 rings (SSSR count). The van der Waals surface area contributed by atoms with Gasteiger partial charge in [0.2, 0.25) is 0 Å². The summed E-state index contributed by atoms with van der Waals surface area (Å²) < 4.78 is 52.4. The zero-order chi connectivity index (χ0) is 18.4. The van der Waals surface area contributed by atoms with Gasteiger partial charge < -0.3 is 0 Å². The third kappa shape index (κ3) is 4.95. The van der Waals surface area contributed by atoms with Crippen molar-refractivity contribution in [2.75, 3.05) is 10.8 Å². The van der Waals surface area contributed by atoms with Crippen LogP contribution in [0.5, 0.6) is 0 Å². The minimum atomic E-state index is -4.41. The largest absolute Gasteiger partial charge is 0.416 e. The maximum atomic E-state index is 12.8. The number of aryl methyl sites for hydroxylation is 1. The first-order valence-corrected chi connectivity index (χ1v) is 9.04. The fraction of sp³-hybridized carbons (Fsp3) is 0.263. The van der Waals surface area contributed by atoms with Crippen molar-refractivity contribution in [3.05, 3.63) is 72.3 Å². The molecule has 25 heavy (non-hydrogen) atoms. The number of nitrogens with zero attached hydrogens (tertiary/aromatic N) is 1. The summed E-state index contributed by atoms with van der Waals surface area (Å²) in [6, 6.07) is 12.1. The zero-order valence-electron chi connectivity index (χ0n) is 13.9. The van der Waals surface area contributed by atoms with Crippen LogP contribution in [0.3, 0.4) is 0 Å². The fourth-order valence-corrected chi connectivity index (χ4v) is 3.57. The number of alkyl halides is 3. The molecule has 0 saturated carbocycles. The summed E-state index contributed by atoms with van der Waals surface area (Å²) in [4.78, 5) is 0.312. The van der Waals surface area contributed by atoms with E-state index < -0.39 is 22.7 Å². The van der Waals surface area contributed by atoms with Gasteiger partial charge in [-0.2, -0.15) is 13.2 Å². The van der Waals surface area contributed by atoms with Gasteiger partial charge in [0, 0.05) is 12.2 Å². The average molecular weight is 367 g/mol. The quantitative estimate of drug-likeness (QED) is 0.602. The van der Waals surface area contributed by atoms with E-state index in [1.807, 2.05) is 24.3 Å². The molecular weight excluding hydrogens is 347 g/mol. The number of hydrogen-bond donors (Lipinski definition) is 0. The van der Waals surface area contributed by atoms with E-state index in [0.29, 0.717) is 11.4 Å². The number of hydrogen-bond acceptors (Lipinski definition) is 1.